The van der Waals surface area contributed by atoms with Crippen molar-refractivity contribution in [2.75, 3.05) is 6.61 Å². The molecule has 2 heteroatoms. The predicted octanol–water partition coefficient (Wildman–Crippen LogP) is 1.95. The van der Waals surface area contributed by atoms with E-state index in [1.54, 1.807) is 18.2 Å². The maximum absolute atomic E-state index is 13.0. The van der Waals surface area contributed by atoms with E-state index in [9.17, 15) is 4.39 Å². The highest BCUT2D eigenvalue weighted by molar-refractivity contribution is 5.40. The number of hydrogen-bond acceptors (Lipinski definition) is 1. The van der Waals surface area contributed by atoms with E-state index >= 15 is 0 Å². The van der Waals surface area contributed by atoms with E-state index in [1.165, 1.54) is 6.07 Å². The Morgan fingerprint density at radius 2 is 2.00 bits per heavy atom. The first-order valence-corrected chi connectivity index (χ1v) is 4.69. The van der Waals surface area contributed by atoms with Crippen LogP contribution in [0.1, 0.15) is 18.4 Å². The summed E-state index contributed by atoms with van der Waals surface area (Å²) >= 11 is 0. The molecule has 1 N–H and O–H groups in total. The highest BCUT2D eigenvalue weighted by Crippen LogP contribution is 2.03. The molecule has 76 valence electrons. The number of rotatable bonds is 2. The average molecular weight is 202 g/mol. The monoisotopic (exact) mass is 202 g/mol. The first-order chi connectivity index (χ1) is 7.34. The van der Waals surface area contributed by atoms with Crippen molar-refractivity contribution in [3.05, 3.63) is 35.6 Å². The Morgan fingerprint density at radius 1 is 1.20 bits per heavy atom. The van der Waals surface area contributed by atoms with Gasteiger partial charge >= 0.3 is 0 Å². The molecule has 0 heterocycles. The normalized spacial score (nSPS) is 8.40. The van der Waals surface area contributed by atoms with Crippen LogP contribution >= 0.6 is 0 Å². The van der Waals surface area contributed by atoms with Gasteiger partial charge in [-0.1, -0.05) is 18.1 Å². The average Bonchev–Trinajstić information content (AvgIpc) is 2.25. The van der Waals surface area contributed by atoms with E-state index < -0.39 is 0 Å². The molecular weight excluding hydrogens is 191 g/mol. The van der Waals surface area contributed by atoms with Gasteiger partial charge in [0.25, 0.3) is 0 Å². The Balaban J connectivity index is 2.57. The summed E-state index contributed by atoms with van der Waals surface area (Å²) in [6.45, 7) is 0.134. The highest BCUT2D eigenvalue weighted by Gasteiger charge is 1.93. The molecule has 0 aliphatic carbocycles. The lowest BCUT2D eigenvalue weighted by molar-refractivity contribution is 0.290. The van der Waals surface area contributed by atoms with Crippen molar-refractivity contribution in [1.82, 2.24) is 0 Å². The lowest BCUT2D eigenvalue weighted by atomic mass is 10.2. The summed E-state index contributed by atoms with van der Waals surface area (Å²) in [5, 5.41) is 8.48. The molecule has 0 radical (unpaired) electrons. The van der Waals surface area contributed by atoms with E-state index in [0.29, 0.717) is 18.4 Å². The molecule has 0 aliphatic rings. The van der Waals surface area contributed by atoms with Crippen LogP contribution in [0.5, 0.6) is 0 Å². The number of hydrogen-bond donors (Lipinski definition) is 1. The first kappa shape index (κ1) is 11.3. The van der Waals surface area contributed by atoms with Crippen molar-refractivity contribution in [2.45, 2.75) is 12.8 Å². The summed E-state index contributed by atoms with van der Waals surface area (Å²) in [6, 6.07) is 6.32. The maximum atomic E-state index is 13.0. The largest absolute Gasteiger partial charge is 0.396 e. The zero-order valence-corrected chi connectivity index (χ0v) is 8.26. The van der Waals surface area contributed by atoms with Gasteiger partial charge in [0.05, 0.1) is 5.56 Å². The number of aliphatic hydroxyl groups excluding tert-OH is 1. The first-order valence-electron chi connectivity index (χ1n) is 4.69. The Labute approximate surface area is 88.9 Å². The van der Waals surface area contributed by atoms with Crippen LogP contribution in [-0.4, -0.2) is 11.7 Å². The maximum Gasteiger partial charge on any atom is 0.138 e. The summed E-state index contributed by atoms with van der Waals surface area (Å²) in [6.07, 6.45) is 1.26. The summed E-state index contributed by atoms with van der Waals surface area (Å²) in [7, 11) is 0. The summed E-state index contributed by atoms with van der Waals surface area (Å²) in [5.41, 5.74) is 0.356. The Kier molecular flexibility index (Phi) is 5.01. The number of unbranched alkanes of at least 4 members (excludes halogenated alkanes) is 1. The molecule has 0 saturated heterocycles. The summed E-state index contributed by atoms with van der Waals surface area (Å²) in [4.78, 5) is 0. The Morgan fingerprint density at radius 3 is 2.73 bits per heavy atom. The zero-order valence-electron chi connectivity index (χ0n) is 8.26. The van der Waals surface area contributed by atoms with Gasteiger partial charge in [0.15, 0.2) is 0 Å². The molecule has 15 heavy (non-hydrogen) atoms. The van der Waals surface area contributed by atoms with Crippen LogP contribution < -0.4 is 0 Å². The molecule has 0 atom stereocenters. The number of benzene rings is 1. The van der Waals surface area contributed by atoms with Crippen molar-refractivity contribution < 1.29 is 9.50 Å². The SMILES string of the molecule is OCCCC#CC#Cc1ccccc1F. The molecule has 1 nitrogen and oxygen atoms in total. The summed E-state index contributed by atoms with van der Waals surface area (Å²) in [5.74, 6) is 10.2. The predicted molar refractivity (Wildman–Crippen MR) is 57.4 cm³/mol. The van der Waals surface area contributed by atoms with Gasteiger partial charge in [-0.25, -0.2) is 4.39 Å². The molecule has 0 unspecified atom stereocenters. The second kappa shape index (κ2) is 6.65. The highest BCUT2D eigenvalue weighted by atomic mass is 19.1. The van der Waals surface area contributed by atoms with Crippen molar-refractivity contribution in [3.63, 3.8) is 0 Å². The molecule has 0 spiro atoms. The third-order valence-electron chi connectivity index (χ3n) is 1.68. The number of aliphatic hydroxyl groups is 1. The van der Waals surface area contributed by atoms with Crippen molar-refractivity contribution >= 4 is 0 Å². The fourth-order valence-corrected chi connectivity index (χ4v) is 0.935. The van der Waals surface area contributed by atoms with Crippen LogP contribution in [0, 0.1) is 29.5 Å². The molecule has 0 aromatic heterocycles. The minimum Gasteiger partial charge on any atom is -0.396 e. The van der Waals surface area contributed by atoms with Gasteiger partial charge in [-0.3, -0.25) is 0 Å². The molecular formula is C13H11FO. The molecule has 1 aromatic rings. The van der Waals surface area contributed by atoms with E-state index in [4.69, 9.17) is 5.11 Å². The van der Waals surface area contributed by atoms with Gasteiger partial charge < -0.3 is 5.11 Å². The van der Waals surface area contributed by atoms with Crippen LogP contribution in [0.2, 0.25) is 0 Å². The fourth-order valence-electron chi connectivity index (χ4n) is 0.935. The van der Waals surface area contributed by atoms with Crippen molar-refractivity contribution in [2.24, 2.45) is 0 Å². The summed E-state index contributed by atoms with van der Waals surface area (Å²) < 4.78 is 13.0. The quantitative estimate of drug-likeness (QED) is 0.574. The van der Waals surface area contributed by atoms with Gasteiger partial charge in [-0.2, -0.15) is 0 Å². The Hall–Kier alpha value is -1.77. The van der Waals surface area contributed by atoms with Crippen molar-refractivity contribution in [1.29, 1.82) is 0 Å². The molecule has 0 amide bonds. The van der Waals surface area contributed by atoms with E-state index in [2.05, 4.69) is 23.7 Å². The molecule has 0 saturated carbocycles. The minimum absolute atomic E-state index is 0.134. The second-order valence-electron chi connectivity index (χ2n) is 2.86. The molecule has 1 rings (SSSR count). The fraction of sp³-hybridized carbons (Fsp3) is 0.231. The second-order valence-corrected chi connectivity index (χ2v) is 2.86. The minimum atomic E-state index is -0.331. The smallest absolute Gasteiger partial charge is 0.138 e. The Bertz CT molecular complexity index is 429. The lowest BCUT2D eigenvalue weighted by Crippen LogP contribution is -1.80. The molecule has 0 bridgehead atoms. The van der Waals surface area contributed by atoms with Gasteiger partial charge in [0.2, 0.25) is 0 Å². The van der Waals surface area contributed by atoms with E-state index in [0.717, 1.165) is 0 Å². The third kappa shape index (κ3) is 4.31. The van der Waals surface area contributed by atoms with E-state index in [-0.39, 0.29) is 12.4 Å². The van der Waals surface area contributed by atoms with Gasteiger partial charge in [0, 0.05) is 13.0 Å². The molecule has 1 aromatic carbocycles. The molecule has 0 fully saturated rings. The van der Waals surface area contributed by atoms with E-state index in [1.807, 2.05) is 0 Å². The van der Waals surface area contributed by atoms with Crippen molar-refractivity contribution in [3.8, 4) is 23.7 Å². The van der Waals surface area contributed by atoms with Crippen LogP contribution in [0.25, 0.3) is 0 Å². The van der Waals surface area contributed by atoms with Gasteiger partial charge in [0.1, 0.15) is 5.82 Å². The van der Waals surface area contributed by atoms with Crippen LogP contribution in [0.3, 0.4) is 0 Å². The van der Waals surface area contributed by atoms with Crippen LogP contribution in [0.15, 0.2) is 24.3 Å². The third-order valence-corrected chi connectivity index (χ3v) is 1.68. The topological polar surface area (TPSA) is 20.2 Å². The molecule has 0 aliphatic heterocycles. The number of halogens is 1. The lowest BCUT2D eigenvalue weighted by Gasteiger charge is -1.89. The van der Waals surface area contributed by atoms with Gasteiger partial charge in [-0.05, 0) is 36.3 Å². The zero-order chi connectivity index (χ0) is 10.9. The standard InChI is InChI=1S/C13H11FO/c14-13-10-6-5-9-12(13)8-4-2-1-3-7-11-15/h5-6,9-10,15H,3,7,11H2. The van der Waals surface area contributed by atoms with Crippen LogP contribution in [0.4, 0.5) is 4.39 Å². The van der Waals surface area contributed by atoms with Crippen LogP contribution in [-0.2, 0) is 0 Å². The van der Waals surface area contributed by atoms with Gasteiger partial charge in [-0.15, -0.1) is 0 Å².